The average molecular weight is 282 g/mol. The van der Waals surface area contributed by atoms with E-state index < -0.39 is 16.5 Å². The van der Waals surface area contributed by atoms with E-state index in [1.807, 2.05) is 0 Å². The highest BCUT2D eigenvalue weighted by atomic mass is 32.3. The van der Waals surface area contributed by atoms with Crippen molar-refractivity contribution in [1.29, 1.82) is 0 Å². The lowest BCUT2D eigenvalue weighted by atomic mass is 10.1. The first-order chi connectivity index (χ1) is 8.19. The van der Waals surface area contributed by atoms with Crippen molar-refractivity contribution in [2.24, 2.45) is 0 Å². The maximum absolute atomic E-state index is 9.25. The largest absolute Gasteiger partial charge is 0.504 e. The number of rotatable bonds is 3. The molecule has 0 fully saturated rings. The number of aliphatic hydroxyl groups is 2. The average Bonchev–Trinajstić information content (AvgIpc) is 2.26. The molecule has 1 aromatic carbocycles. The summed E-state index contributed by atoms with van der Waals surface area (Å²) in [6.07, 6.45) is -0.936. The van der Waals surface area contributed by atoms with Crippen molar-refractivity contribution in [2.75, 3.05) is 13.7 Å². The first-order valence-corrected chi connectivity index (χ1v) is 5.94. The highest BCUT2D eigenvalue weighted by Crippen LogP contribution is 2.28. The number of ether oxygens (including phenoxy) is 1. The first kappa shape index (κ1) is 16.6. The summed E-state index contributed by atoms with van der Waals surface area (Å²) in [5, 5.41) is 27.1. The molecule has 0 amide bonds. The molecule has 104 valence electrons. The number of methoxy groups -OCH3 is 1. The fraction of sp³-hybridized carbons (Fsp3) is 0.333. The van der Waals surface area contributed by atoms with Gasteiger partial charge in [-0.3, -0.25) is 9.11 Å². The van der Waals surface area contributed by atoms with Crippen molar-refractivity contribution in [3.63, 3.8) is 0 Å². The summed E-state index contributed by atoms with van der Waals surface area (Å²) < 4.78 is 36.4. The lowest BCUT2D eigenvalue weighted by molar-refractivity contribution is 0.0953. The van der Waals surface area contributed by atoms with Crippen molar-refractivity contribution >= 4 is 10.4 Å². The lowest BCUT2D eigenvalue weighted by Gasteiger charge is -2.09. The second kappa shape index (κ2) is 7.13. The number of phenolic OH excluding ortho intramolecular Hbond substituents is 1. The minimum Gasteiger partial charge on any atom is -0.504 e. The van der Waals surface area contributed by atoms with Crippen molar-refractivity contribution in [3.8, 4) is 11.5 Å². The van der Waals surface area contributed by atoms with Gasteiger partial charge in [-0.05, 0) is 17.7 Å². The zero-order valence-electron chi connectivity index (χ0n) is 9.39. The third-order valence-corrected chi connectivity index (χ3v) is 1.76. The zero-order chi connectivity index (χ0) is 14.3. The molecule has 0 bridgehead atoms. The van der Waals surface area contributed by atoms with E-state index in [0.29, 0.717) is 5.56 Å². The third kappa shape index (κ3) is 7.04. The van der Waals surface area contributed by atoms with E-state index in [0.717, 1.165) is 0 Å². The van der Waals surface area contributed by atoms with Crippen LogP contribution in [-0.4, -0.2) is 46.6 Å². The number of aromatic hydroxyl groups is 1. The predicted octanol–water partition coefficient (Wildman–Crippen LogP) is -0.226. The molecule has 1 rings (SSSR count). The summed E-state index contributed by atoms with van der Waals surface area (Å²) in [6, 6.07) is 4.42. The molecule has 0 radical (unpaired) electrons. The molecule has 1 atom stereocenters. The SMILES string of the molecule is COc1cc(C(O)CO)ccc1O.O=S(=O)(O)O. The standard InChI is InChI=1S/C9H12O4.H2O4S/c1-13-9-4-6(8(12)5-10)2-3-7(9)11;1-5(2,3)4/h2-4,8,10-12H,5H2,1H3;(H2,1,2,3,4). The Morgan fingerprint density at radius 2 is 1.83 bits per heavy atom. The monoisotopic (exact) mass is 282 g/mol. The second-order valence-electron chi connectivity index (χ2n) is 3.08. The molecule has 18 heavy (non-hydrogen) atoms. The van der Waals surface area contributed by atoms with E-state index in [2.05, 4.69) is 0 Å². The molecule has 5 N–H and O–H groups in total. The van der Waals surface area contributed by atoms with Crippen molar-refractivity contribution in [1.82, 2.24) is 0 Å². The first-order valence-electron chi connectivity index (χ1n) is 4.54. The molecule has 9 heteroatoms. The summed E-state index contributed by atoms with van der Waals surface area (Å²) in [5.74, 6) is 0.293. The number of hydrogen-bond acceptors (Lipinski definition) is 6. The third-order valence-electron chi connectivity index (χ3n) is 1.76. The van der Waals surface area contributed by atoms with Gasteiger partial charge in [-0.25, -0.2) is 0 Å². The number of hydrogen-bond donors (Lipinski definition) is 5. The summed E-state index contributed by atoms with van der Waals surface area (Å²) in [7, 11) is -3.25. The molecule has 1 unspecified atom stereocenters. The molecule has 8 nitrogen and oxygen atoms in total. The minimum atomic E-state index is -4.67. The molecule has 0 aromatic heterocycles. The Morgan fingerprint density at radius 1 is 1.33 bits per heavy atom. The lowest BCUT2D eigenvalue weighted by Crippen LogP contribution is -2.02. The van der Waals surface area contributed by atoms with E-state index in [4.69, 9.17) is 27.4 Å². The van der Waals surface area contributed by atoms with Gasteiger partial charge in [-0.15, -0.1) is 0 Å². The maximum atomic E-state index is 9.25. The van der Waals surface area contributed by atoms with Crippen LogP contribution in [0.3, 0.4) is 0 Å². The van der Waals surface area contributed by atoms with Crippen LogP contribution in [0.25, 0.3) is 0 Å². The van der Waals surface area contributed by atoms with E-state index in [-0.39, 0.29) is 18.1 Å². The highest BCUT2D eigenvalue weighted by Gasteiger charge is 2.09. The predicted molar refractivity (Wildman–Crippen MR) is 60.9 cm³/mol. The molecule has 0 aliphatic rings. The van der Waals surface area contributed by atoms with Crippen LogP contribution in [0.4, 0.5) is 0 Å². The smallest absolute Gasteiger partial charge is 0.394 e. The van der Waals surface area contributed by atoms with Crippen molar-refractivity contribution in [3.05, 3.63) is 23.8 Å². The number of phenols is 1. The molecule has 0 aliphatic carbocycles. The Labute approximate surface area is 104 Å². The van der Waals surface area contributed by atoms with Crippen LogP contribution in [0.5, 0.6) is 11.5 Å². The molecule has 0 heterocycles. The van der Waals surface area contributed by atoms with Gasteiger partial charge >= 0.3 is 10.4 Å². The summed E-state index contributed by atoms with van der Waals surface area (Å²) in [5.41, 5.74) is 0.511. The van der Waals surface area contributed by atoms with E-state index in [1.54, 1.807) is 0 Å². The number of aliphatic hydroxyl groups excluding tert-OH is 2. The summed E-state index contributed by atoms with van der Waals surface area (Å²) in [4.78, 5) is 0. The van der Waals surface area contributed by atoms with Crippen molar-refractivity contribution in [2.45, 2.75) is 6.10 Å². The molecule has 0 saturated heterocycles. The second-order valence-corrected chi connectivity index (χ2v) is 3.97. The summed E-state index contributed by atoms with van der Waals surface area (Å²) in [6.45, 7) is -0.353. The quantitative estimate of drug-likeness (QED) is 0.478. The van der Waals surface area contributed by atoms with E-state index in [9.17, 15) is 10.2 Å². The van der Waals surface area contributed by atoms with Gasteiger partial charge in [0.15, 0.2) is 11.5 Å². The Hall–Kier alpha value is -1.39. The fourth-order valence-electron chi connectivity index (χ4n) is 1.01. The van der Waals surface area contributed by atoms with Crippen molar-refractivity contribution < 1.29 is 37.6 Å². The van der Waals surface area contributed by atoms with Gasteiger partial charge in [-0.2, -0.15) is 8.42 Å². The van der Waals surface area contributed by atoms with Crippen LogP contribution < -0.4 is 4.74 Å². The highest BCUT2D eigenvalue weighted by molar-refractivity contribution is 7.79. The van der Waals surface area contributed by atoms with Crippen LogP contribution in [0.1, 0.15) is 11.7 Å². The molecule has 0 aliphatic heterocycles. The van der Waals surface area contributed by atoms with E-state index in [1.165, 1.54) is 25.3 Å². The van der Waals surface area contributed by atoms with Crippen LogP contribution in [0.2, 0.25) is 0 Å². The molecule has 0 saturated carbocycles. The maximum Gasteiger partial charge on any atom is 0.394 e. The van der Waals surface area contributed by atoms with E-state index >= 15 is 0 Å². The van der Waals surface area contributed by atoms with Gasteiger partial charge in [0.1, 0.15) is 6.10 Å². The van der Waals surface area contributed by atoms with Crippen LogP contribution in [0, 0.1) is 0 Å². The van der Waals surface area contributed by atoms with Gasteiger partial charge in [-0.1, -0.05) is 6.07 Å². The van der Waals surface area contributed by atoms with Gasteiger partial charge in [0.25, 0.3) is 0 Å². The number of benzene rings is 1. The molecular weight excluding hydrogens is 268 g/mol. The van der Waals surface area contributed by atoms with Crippen LogP contribution >= 0.6 is 0 Å². The Balaban J connectivity index is 0.000000494. The molecule has 1 aromatic rings. The van der Waals surface area contributed by atoms with Gasteiger partial charge < -0.3 is 20.1 Å². The van der Waals surface area contributed by atoms with Crippen LogP contribution in [0.15, 0.2) is 18.2 Å². The van der Waals surface area contributed by atoms with Crippen LogP contribution in [-0.2, 0) is 10.4 Å². The fourth-order valence-corrected chi connectivity index (χ4v) is 1.01. The summed E-state index contributed by atoms with van der Waals surface area (Å²) >= 11 is 0. The topological polar surface area (TPSA) is 145 Å². The Kier molecular flexibility index (Phi) is 6.58. The normalized spacial score (nSPS) is 12.3. The molecular formula is C9H14O8S. The molecule has 0 spiro atoms. The van der Waals surface area contributed by atoms with Gasteiger partial charge in [0.05, 0.1) is 13.7 Å². The Morgan fingerprint density at radius 3 is 2.22 bits per heavy atom. The Bertz CT molecular complexity index is 461. The van der Waals surface area contributed by atoms with Gasteiger partial charge in [0.2, 0.25) is 0 Å². The van der Waals surface area contributed by atoms with Gasteiger partial charge in [0, 0.05) is 0 Å². The minimum absolute atomic E-state index is 0.0105. The zero-order valence-corrected chi connectivity index (χ0v) is 10.2.